The van der Waals surface area contributed by atoms with Crippen molar-refractivity contribution in [3.63, 3.8) is 0 Å². The van der Waals surface area contributed by atoms with Crippen LogP contribution >= 0.6 is 0 Å². The average Bonchev–Trinajstić information content (AvgIpc) is 2.21. The molecule has 0 aromatic heterocycles. The number of ether oxygens (including phenoxy) is 2. The molecule has 0 bridgehead atoms. The number of hydrogen-bond donors (Lipinski definition) is 1. The van der Waals surface area contributed by atoms with Crippen molar-refractivity contribution in [1.29, 1.82) is 0 Å². The number of carbonyl (C=O) groups is 1. The summed E-state index contributed by atoms with van der Waals surface area (Å²) in [6.07, 6.45) is -0.883. The highest BCUT2D eigenvalue weighted by Crippen LogP contribution is 2.27. The predicted octanol–water partition coefficient (Wildman–Crippen LogP) is 1.94. The molecule has 0 saturated heterocycles. The standard InChI is InChI=1S/C11H14O4/c1-3-14-9-6-4-5-7-10(9)15-8(2)11(12)13/h4-8H,3H2,1-2H3,(H,12,13). The molecule has 1 rings (SSSR count). The lowest BCUT2D eigenvalue weighted by atomic mass is 10.3. The van der Waals surface area contributed by atoms with Gasteiger partial charge in [0.25, 0.3) is 0 Å². The maximum Gasteiger partial charge on any atom is 0.344 e. The molecule has 0 saturated carbocycles. The second kappa shape index (κ2) is 5.24. The van der Waals surface area contributed by atoms with Crippen molar-refractivity contribution in [1.82, 2.24) is 0 Å². The molecule has 0 aliphatic carbocycles. The van der Waals surface area contributed by atoms with E-state index in [4.69, 9.17) is 14.6 Å². The van der Waals surface area contributed by atoms with Gasteiger partial charge in [0, 0.05) is 0 Å². The lowest BCUT2D eigenvalue weighted by molar-refractivity contribution is -0.144. The van der Waals surface area contributed by atoms with Crippen LogP contribution in [0.4, 0.5) is 0 Å². The smallest absolute Gasteiger partial charge is 0.344 e. The van der Waals surface area contributed by atoms with E-state index in [-0.39, 0.29) is 0 Å². The van der Waals surface area contributed by atoms with E-state index >= 15 is 0 Å². The molecule has 0 aliphatic heterocycles. The summed E-state index contributed by atoms with van der Waals surface area (Å²) >= 11 is 0. The fourth-order valence-electron chi connectivity index (χ4n) is 1.06. The third kappa shape index (κ3) is 3.16. The monoisotopic (exact) mass is 210 g/mol. The molecule has 0 fully saturated rings. The Bertz CT molecular complexity index is 335. The molecule has 0 aliphatic rings. The number of benzene rings is 1. The van der Waals surface area contributed by atoms with Crippen molar-refractivity contribution in [2.24, 2.45) is 0 Å². The summed E-state index contributed by atoms with van der Waals surface area (Å²) in [6, 6.07) is 7.01. The van der Waals surface area contributed by atoms with Gasteiger partial charge in [-0.1, -0.05) is 12.1 Å². The van der Waals surface area contributed by atoms with E-state index in [1.54, 1.807) is 18.2 Å². The number of para-hydroxylation sites is 2. The summed E-state index contributed by atoms with van der Waals surface area (Å²) in [6.45, 7) is 3.85. The third-order valence-electron chi connectivity index (χ3n) is 1.80. The Hall–Kier alpha value is -1.71. The number of carboxylic acid groups (broad SMARTS) is 1. The molecule has 1 atom stereocenters. The molecule has 1 unspecified atom stereocenters. The predicted molar refractivity (Wildman–Crippen MR) is 55.3 cm³/mol. The highest BCUT2D eigenvalue weighted by molar-refractivity contribution is 5.72. The van der Waals surface area contributed by atoms with Gasteiger partial charge in [0.15, 0.2) is 17.6 Å². The molecule has 1 N–H and O–H groups in total. The van der Waals surface area contributed by atoms with E-state index in [2.05, 4.69) is 0 Å². The van der Waals surface area contributed by atoms with Gasteiger partial charge in [-0.05, 0) is 26.0 Å². The van der Waals surface area contributed by atoms with E-state index in [1.807, 2.05) is 13.0 Å². The molecule has 0 spiro atoms. The molecule has 4 nitrogen and oxygen atoms in total. The summed E-state index contributed by atoms with van der Waals surface area (Å²) in [5.74, 6) is 0.0173. The third-order valence-corrected chi connectivity index (χ3v) is 1.80. The maximum absolute atomic E-state index is 10.6. The summed E-state index contributed by atoms with van der Waals surface area (Å²) in [5.41, 5.74) is 0. The van der Waals surface area contributed by atoms with E-state index < -0.39 is 12.1 Å². The van der Waals surface area contributed by atoms with Crippen LogP contribution in [0.3, 0.4) is 0 Å². The number of hydrogen-bond acceptors (Lipinski definition) is 3. The Balaban J connectivity index is 2.79. The zero-order valence-electron chi connectivity index (χ0n) is 8.77. The van der Waals surface area contributed by atoms with Gasteiger partial charge in [-0.3, -0.25) is 0 Å². The van der Waals surface area contributed by atoms with Crippen LogP contribution in [0.15, 0.2) is 24.3 Å². The summed E-state index contributed by atoms with van der Waals surface area (Å²) in [4.78, 5) is 10.6. The lowest BCUT2D eigenvalue weighted by Gasteiger charge is -2.13. The molecule has 0 amide bonds. The average molecular weight is 210 g/mol. The first-order valence-corrected chi connectivity index (χ1v) is 4.76. The molecular weight excluding hydrogens is 196 g/mol. The fourth-order valence-corrected chi connectivity index (χ4v) is 1.06. The number of carboxylic acids is 1. The fraction of sp³-hybridized carbons (Fsp3) is 0.364. The van der Waals surface area contributed by atoms with Gasteiger partial charge >= 0.3 is 5.97 Å². The Kier molecular flexibility index (Phi) is 3.97. The lowest BCUT2D eigenvalue weighted by Crippen LogP contribution is -2.23. The van der Waals surface area contributed by atoms with Crippen molar-refractivity contribution < 1.29 is 19.4 Å². The molecule has 82 valence electrons. The molecule has 0 heterocycles. The quantitative estimate of drug-likeness (QED) is 0.806. The Morgan fingerprint density at radius 3 is 2.53 bits per heavy atom. The second-order valence-corrected chi connectivity index (χ2v) is 2.98. The zero-order chi connectivity index (χ0) is 11.3. The zero-order valence-corrected chi connectivity index (χ0v) is 8.77. The van der Waals surface area contributed by atoms with Crippen molar-refractivity contribution in [2.45, 2.75) is 20.0 Å². The minimum atomic E-state index is -0.999. The maximum atomic E-state index is 10.6. The summed E-state index contributed by atoms with van der Waals surface area (Å²) in [7, 11) is 0. The van der Waals surface area contributed by atoms with Gasteiger partial charge in [-0.25, -0.2) is 4.79 Å². The van der Waals surface area contributed by atoms with Crippen LogP contribution in [0.5, 0.6) is 11.5 Å². The summed E-state index contributed by atoms with van der Waals surface area (Å²) < 4.78 is 10.5. The highest BCUT2D eigenvalue weighted by Gasteiger charge is 2.14. The molecule has 15 heavy (non-hydrogen) atoms. The normalized spacial score (nSPS) is 11.9. The number of aliphatic carboxylic acids is 1. The van der Waals surface area contributed by atoms with Crippen molar-refractivity contribution in [3.8, 4) is 11.5 Å². The van der Waals surface area contributed by atoms with Crippen LogP contribution in [0.25, 0.3) is 0 Å². The van der Waals surface area contributed by atoms with E-state index in [1.165, 1.54) is 6.92 Å². The second-order valence-electron chi connectivity index (χ2n) is 2.98. The topological polar surface area (TPSA) is 55.8 Å². The van der Waals surface area contributed by atoms with Gasteiger partial charge in [-0.15, -0.1) is 0 Å². The van der Waals surface area contributed by atoms with Crippen LogP contribution in [0.2, 0.25) is 0 Å². The molecule has 4 heteroatoms. The highest BCUT2D eigenvalue weighted by atomic mass is 16.5. The molecular formula is C11H14O4. The first-order chi connectivity index (χ1) is 7.15. The molecule has 0 radical (unpaired) electrons. The van der Waals surface area contributed by atoms with Crippen molar-refractivity contribution >= 4 is 5.97 Å². The minimum absolute atomic E-state index is 0.453. The first-order valence-electron chi connectivity index (χ1n) is 4.76. The van der Waals surface area contributed by atoms with E-state index in [0.29, 0.717) is 18.1 Å². The van der Waals surface area contributed by atoms with Gasteiger partial charge in [0.2, 0.25) is 0 Å². The van der Waals surface area contributed by atoms with Gasteiger partial charge in [0.1, 0.15) is 0 Å². The van der Waals surface area contributed by atoms with Gasteiger partial charge in [0.05, 0.1) is 6.61 Å². The molecule has 1 aromatic rings. The van der Waals surface area contributed by atoms with Crippen LogP contribution in [0, 0.1) is 0 Å². The SMILES string of the molecule is CCOc1ccccc1OC(C)C(=O)O. The largest absolute Gasteiger partial charge is 0.490 e. The minimum Gasteiger partial charge on any atom is -0.490 e. The summed E-state index contributed by atoms with van der Waals surface area (Å²) in [5, 5.41) is 8.70. The van der Waals surface area contributed by atoms with Crippen LogP contribution in [-0.4, -0.2) is 23.8 Å². The van der Waals surface area contributed by atoms with E-state index in [0.717, 1.165) is 0 Å². The Labute approximate surface area is 88.4 Å². The molecule has 1 aromatic carbocycles. The van der Waals surface area contributed by atoms with Crippen LogP contribution in [-0.2, 0) is 4.79 Å². The van der Waals surface area contributed by atoms with Crippen molar-refractivity contribution in [3.05, 3.63) is 24.3 Å². The van der Waals surface area contributed by atoms with E-state index in [9.17, 15) is 4.79 Å². The Morgan fingerprint density at radius 2 is 2.00 bits per heavy atom. The number of rotatable bonds is 5. The van der Waals surface area contributed by atoms with Crippen LogP contribution in [0.1, 0.15) is 13.8 Å². The van der Waals surface area contributed by atoms with Gasteiger partial charge < -0.3 is 14.6 Å². The van der Waals surface area contributed by atoms with Gasteiger partial charge in [-0.2, -0.15) is 0 Å². The van der Waals surface area contributed by atoms with Crippen LogP contribution < -0.4 is 9.47 Å². The Morgan fingerprint density at radius 1 is 1.40 bits per heavy atom. The van der Waals surface area contributed by atoms with Crippen molar-refractivity contribution in [2.75, 3.05) is 6.61 Å². The first kappa shape index (κ1) is 11.4.